The van der Waals surface area contributed by atoms with Crippen LogP contribution in [-0.2, 0) is 0 Å². The van der Waals surface area contributed by atoms with Crippen LogP contribution in [0, 0.1) is 23.7 Å². The van der Waals surface area contributed by atoms with Crippen LogP contribution in [0.5, 0.6) is 0 Å². The fourth-order valence-corrected chi connectivity index (χ4v) is 3.08. The van der Waals surface area contributed by atoms with Gasteiger partial charge in [-0.25, -0.2) is 0 Å². The summed E-state index contributed by atoms with van der Waals surface area (Å²) >= 11 is 0. The molecule has 0 rings (SSSR count). The zero-order valence-corrected chi connectivity index (χ0v) is 14.7. The zero-order chi connectivity index (χ0) is 15.2. The first-order chi connectivity index (χ1) is 8.56. The van der Waals surface area contributed by atoms with Crippen molar-refractivity contribution in [3.8, 4) is 0 Å². The molecule has 2 N–H and O–H groups in total. The smallest absolute Gasteiger partial charge is 0.0692 e. The number of hydrogen-bond donors (Lipinski definition) is 1. The lowest BCUT2D eigenvalue weighted by Gasteiger charge is -2.45. The Bertz CT molecular complexity index is 211. The third-order valence-electron chi connectivity index (χ3n) is 3.32. The van der Waals surface area contributed by atoms with E-state index in [0.717, 1.165) is 25.9 Å². The molecule has 2 heteroatoms. The van der Waals surface area contributed by atoms with Crippen molar-refractivity contribution in [1.82, 2.24) is 4.90 Å². The SMILES string of the molecule is CC(C)CN(CC(C)C)C(N)(CC(C)C)CC(C)C. The monoisotopic (exact) mass is 270 g/mol. The van der Waals surface area contributed by atoms with Crippen molar-refractivity contribution in [2.24, 2.45) is 29.4 Å². The van der Waals surface area contributed by atoms with Gasteiger partial charge in [-0.05, 0) is 36.5 Å². The summed E-state index contributed by atoms with van der Waals surface area (Å²) < 4.78 is 0. The van der Waals surface area contributed by atoms with E-state index in [4.69, 9.17) is 5.73 Å². The Hall–Kier alpha value is -0.0800. The Balaban J connectivity index is 5.08. The molecule has 2 nitrogen and oxygen atoms in total. The van der Waals surface area contributed by atoms with Crippen molar-refractivity contribution in [2.75, 3.05) is 13.1 Å². The van der Waals surface area contributed by atoms with Gasteiger partial charge in [0.2, 0.25) is 0 Å². The first-order valence-corrected chi connectivity index (χ1v) is 8.10. The predicted molar refractivity (Wildman–Crippen MR) is 87.1 cm³/mol. The molecule has 0 amide bonds. The van der Waals surface area contributed by atoms with Gasteiger partial charge < -0.3 is 5.73 Å². The Labute approximate surface area is 122 Å². The number of rotatable bonds is 9. The van der Waals surface area contributed by atoms with Gasteiger partial charge in [0.05, 0.1) is 5.66 Å². The van der Waals surface area contributed by atoms with Crippen LogP contribution in [0.15, 0.2) is 0 Å². The number of hydrogen-bond acceptors (Lipinski definition) is 2. The molecule has 0 aromatic heterocycles. The molecule has 0 unspecified atom stereocenters. The number of nitrogens with two attached hydrogens (primary N) is 1. The fraction of sp³-hybridized carbons (Fsp3) is 1.00. The molecule has 19 heavy (non-hydrogen) atoms. The molecule has 0 fully saturated rings. The minimum Gasteiger partial charge on any atom is -0.313 e. The molecule has 0 aliphatic rings. The van der Waals surface area contributed by atoms with Crippen LogP contribution in [0.3, 0.4) is 0 Å². The van der Waals surface area contributed by atoms with Crippen molar-refractivity contribution in [3.05, 3.63) is 0 Å². The van der Waals surface area contributed by atoms with E-state index in [9.17, 15) is 0 Å². The molecule has 0 aliphatic heterocycles. The molecule has 0 aromatic carbocycles. The highest BCUT2D eigenvalue weighted by atomic mass is 15.3. The van der Waals surface area contributed by atoms with Crippen molar-refractivity contribution in [3.63, 3.8) is 0 Å². The van der Waals surface area contributed by atoms with Crippen LogP contribution in [0.4, 0.5) is 0 Å². The van der Waals surface area contributed by atoms with Crippen LogP contribution in [0.1, 0.15) is 68.2 Å². The van der Waals surface area contributed by atoms with E-state index < -0.39 is 0 Å². The highest BCUT2D eigenvalue weighted by molar-refractivity contribution is 4.88. The molecule has 0 saturated carbocycles. The van der Waals surface area contributed by atoms with Crippen molar-refractivity contribution in [2.45, 2.75) is 73.9 Å². The van der Waals surface area contributed by atoms with Crippen molar-refractivity contribution >= 4 is 0 Å². The molecular formula is C17H38N2. The summed E-state index contributed by atoms with van der Waals surface area (Å²) in [6, 6.07) is 0. The Kier molecular flexibility index (Phi) is 8.23. The second-order valence-electron chi connectivity index (χ2n) is 7.99. The first-order valence-electron chi connectivity index (χ1n) is 8.10. The molecule has 116 valence electrons. The largest absolute Gasteiger partial charge is 0.313 e. The Morgan fingerprint density at radius 2 is 1.00 bits per heavy atom. The lowest BCUT2D eigenvalue weighted by Crippen LogP contribution is -2.59. The van der Waals surface area contributed by atoms with E-state index in [0.29, 0.717) is 23.7 Å². The summed E-state index contributed by atoms with van der Waals surface area (Å²) in [6.45, 7) is 20.5. The fourth-order valence-electron chi connectivity index (χ4n) is 3.08. The van der Waals surface area contributed by atoms with Gasteiger partial charge in [0, 0.05) is 13.1 Å². The maximum atomic E-state index is 6.87. The molecule has 0 aromatic rings. The summed E-state index contributed by atoms with van der Waals surface area (Å²) in [6.07, 6.45) is 2.18. The van der Waals surface area contributed by atoms with Crippen LogP contribution in [-0.4, -0.2) is 23.7 Å². The summed E-state index contributed by atoms with van der Waals surface area (Å²) in [4.78, 5) is 2.56. The zero-order valence-electron chi connectivity index (χ0n) is 14.7. The molecule has 0 bridgehead atoms. The van der Waals surface area contributed by atoms with Gasteiger partial charge in [-0.2, -0.15) is 0 Å². The first kappa shape index (κ1) is 18.9. The van der Waals surface area contributed by atoms with Gasteiger partial charge in [0.25, 0.3) is 0 Å². The lowest BCUT2D eigenvalue weighted by molar-refractivity contribution is 0.0313. The van der Waals surface area contributed by atoms with Crippen LogP contribution in [0.2, 0.25) is 0 Å². The van der Waals surface area contributed by atoms with Crippen LogP contribution >= 0.6 is 0 Å². The van der Waals surface area contributed by atoms with Gasteiger partial charge >= 0.3 is 0 Å². The third kappa shape index (κ3) is 7.94. The van der Waals surface area contributed by atoms with E-state index in [2.05, 4.69) is 60.3 Å². The molecule has 0 radical (unpaired) electrons. The highest BCUT2D eigenvalue weighted by Crippen LogP contribution is 2.28. The van der Waals surface area contributed by atoms with E-state index >= 15 is 0 Å². The lowest BCUT2D eigenvalue weighted by atomic mass is 9.87. The number of nitrogens with zero attached hydrogens (tertiary/aromatic N) is 1. The minimum absolute atomic E-state index is 0.142. The highest BCUT2D eigenvalue weighted by Gasteiger charge is 2.34. The van der Waals surface area contributed by atoms with Gasteiger partial charge in [-0.3, -0.25) is 4.90 Å². The maximum Gasteiger partial charge on any atom is 0.0692 e. The Morgan fingerprint density at radius 1 is 0.684 bits per heavy atom. The summed E-state index contributed by atoms with van der Waals surface area (Å²) in [7, 11) is 0. The van der Waals surface area contributed by atoms with E-state index in [-0.39, 0.29) is 5.66 Å². The van der Waals surface area contributed by atoms with Gasteiger partial charge in [-0.15, -0.1) is 0 Å². The second kappa shape index (κ2) is 8.26. The van der Waals surface area contributed by atoms with E-state index in [1.54, 1.807) is 0 Å². The Morgan fingerprint density at radius 3 is 1.21 bits per heavy atom. The quantitative estimate of drug-likeness (QED) is 0.631. The maximum absolute atomic E-state index is 6.87. The van der Waals surface area contributed by atoms with Gasteiger partial charge in [0.15, 0.2) is 0 Å². The van der Waals surface area contributed by atoms with Crippen LogP contribution in [0.25, 0.3) is 0 Å². The molecule has 0 heterocycles. The predicted octanol–water partition coefficient (Wildman–Crippen LogP) is 4.35. The summed E-state index contributed by atoms with van der Waals surface area (Å²) in [5, 5.41) is 0. The summed E-state index contributed by atoms with van der Waals surface area (Å²) in [5.74, 6) is 2.62. The van der Waals surface area contributed by atoms with Crippen LogP contribution < -0.4 is 5.73 Å². The topological polar surface area (TPSA) is 29.3 Å². The minimum atomic E-state index is -0.142. The third-order valence-corrected chi connectivity index (χ3v) is 3.32. The second-order valence-corrected chi connectivity index (χ2v) is 7.99. The van der Waals surface area contributed by atoms with Crippen molar-refractivity contribution in [1.29, 1.82) is 0 Å². The standard InChI is InChI=1S/C17H38N2/c1-13(2)9-17(18,10-14(3)4)19(11-15(5)6)12-16(7)8/h13-16H,9-12,18H2,1-8H3. The molecule has 0 saturated heterocycles. The molecular weight excluding hydrogens is 232 g/mol. The molecule has 0 aliphatic carbocycles. The molecule has 0 spiro atoms. The van der Waals surface area contributed by atoms with E-state index in [1.807, 2.05) is 0 Å². The molecule has 0 atom stereocenters. The average molecular weight is 271 g/mol. The normalized spacial score (nSPS) is 13.6. The summed E-state index contributed by atoms with van der Waals surface area (Å²) in [5.41, 5.74) is 6.72. The van der Waals surface area contributed by atoms with E-state index in [1.165, 1.54) is 0 Å². The van der Waals surface area contributed by atoms with Crippen molar-refractivity contribution < 1.29 is 0 Å². The average Bonchev–Trinajstić information content (AvgIpc) is 2.11. The van der Waals surface area contributed by atoms with Gasteiger partial charge in [0.1, 0.15) is 0 Å². The van der Waals surface area contributed by atoms with Gasteiger partial charge in [-0.1, -0.05) is 55.4 Å².